The molecule has 0 atom stereocenters. The number of benzene rings is 3. The Kier molecular flexibility index (Phi) is 6.27. The first-order chi connectivity index (χ1) is 19.5. The molecule has 1 aliphatic heterocycles. The summed E-state index contributed by atoms with van der Waals surface area (Å²) in [6.07, 6.45) is 0. The molecule has 0 radical (unpaired) electrons. The Hall–Kier alpha value is -5.38. The van der Waals surface area contributed by atoms with E-state index in [1.54, 1.807) is 24.3 Å². The smallest absolute Gasteiger partial charge is 0.330 e. The van der Waals surface area contributed by atoms with Crippen LogP contribution in [0.2, 0.25) is 0 Å². The Morgan fingerprint density at radius 1 is 0.650 bits per heavy atom. The number of ether oxygens (including phenoxy) is 1. The van der Waals surface area contributed by atoms with Crippen LogP contribution in [-0.2, 0) is 13.1 Å². The van der Waals surface area contributed by atoms with Gasteiger partial charge in [-0.3, -0.25) is 28.7 Å². The SMILES string of the molecule is COc1ccccc1C1c2c(n(Cc3ccccc3)c(=O)[nH]c2=O)Nc2c1c(=O)[nH]c(=O)n2Cc1ccccc1. The first-order valence-corrected chi connectivity index (χ1v) is 12.7. The van der Waals surface area contributed by atoms with E-state index in [-0.39, 0.29) is 35.9 Å². The zero-order chi connectivity index (χ0) is 27.8. The maximum absolute atomic E-state index is 13.5. The van der Waals surface area contributed by atoms with Crippen LogP contribution in [0.25, 0.3) is 0 Å². The molecule has 0 amide bonds. The van der Waals surface area contributed by atoms with Crippen LogP contribution in [0.1, 0.15) is 33.7 Å². The third-order valence-electron chi connectivity index (χ3n) is 7.10. The number of nitrogens with one attached hydrogen (secondary N) is 3. The second-order valence-corrected chi connectivity index (χ2v) is 9.49. The lowest BCUT2D eigenvalue weighted by Crippen LogP contribution is -2.43. The highest BCUT2D eigenvalue weighted by molar-refractivity contribution is 5.71. The highest BCUT2D eigenvalue weighted by atomic mass is 16.5. The summed E-state index contributed by atoms with van der Waals surface area (Å²) in [4.78, 5) is 58.3. The minimum Gasteiger partial charge on any atom is -0.496 e. The summed E-state index contributed by atoms with van der Waals surface area (Å²) in [6, 6.07) is 25.7. The highest BCUT2D eigenvalue weighted by Crippen LogP contribution is 2.43. The average molecular weight is 536 g/mol. The molecule has 3 heterocycles. The Bertz CT molecular complexity index is 1840. The summed E-state index contributed by atoms with van der Waals surface area (Å²) >= 11 is 0. The van der Waals surface area contributed by atoms with E-state index in [0.717, 1.165) is 11.1 Å². The van der Waals surface area contributed by atoms with Crippen molar-refractivity contribution in [2.75, 3.05) is 12.4 Å². The Morgan fingerprint density at radius 2 is 1.10 bits per heavy atom. The fourth-order valence-corrected chi connectivity index (χ4v) is 5.28. The van der Waals surface area contributed by atoms with Gasteiger partial charge in [0.15, 0.2) is 0 Å². The first-order valence-electron chi connectivity index (χ1n) is 12.7. The number of aromatic nitrogens is 4. The Labute approximate surface area is 227 Å². The van der Waals surface area contributed by atoms with Crippen LogP contribution in [0.4, 0.5) is 11.6 Å². The van der Waals surface area contributed by atoms with Gasteiger partial charge in [-0.25, -0.2) is 9.59 Å². The van der Waals surface area contributed by atoms with Gasteiger partial charge in [-0.15, -0.1) is 0 Å². The molecule has 3 aromatic carbocycles. The van der Waals surface area contributed by atoms with Crippen LogP contribution in [0.3, 0.4) is 0 Å². The third kappa shape index (κ3) is 4.25. The van der Waals surface area contributed by atoms with Crippen molar-refractivity contribution in [2.24, 2.45) is 0 Å². The summed E-state index contributed by atoms with van der Waals surface area (Å²) in [5.41, 5.74) is 0.0110. The number of nitrogens with zero attached hydrogens (tertiary/aromatic N) is 2. The topological polar surface area (TPSA) is 131 Å². The van der Waals surface area contributed by atoms with Gasteiger partial charge in [-0.2, -0.15) is 0 Å². The molecule has 2 aromatic heterocycles. The molecule has 6 rings (SSSR count). The van der Waals surface area contributed by atoms with Crippen LogP contribution < -0.4 is 32.6 Å². The molecule has 0 bridgehead atoms. The van der Waals surface area contributed by atoms with Gasteiger partial charge < -0.3 is 10.1 Å². The molecule has 0 fully saturated rings. The number of hydrogen-bond donors (Lipinski definition) is 3. The van der Waals surface area contributed by atoms with Crippen molar-refractivity contribution in [3.8, 4) is 5.75 Å². The van der Waals surface area contributed by atoms with Crippen molar-refractivity contribution in [1.29, 1.82) is 0 Å². The normalized spacial score (nSPS) is 12.3. The molecule has 0 saturated carbocycles. The summed E-state index contributed by atoms with van der Waals surface area (Å²) in [7, 11) is 1.50. The van der Waals surface area contributed by atoms with E-state index in [1.165, 1.54) is 16.2 Å². The molecule has 0 unspecified atom stereocenters. The lowest BCUT2D eigenvalue weighted by atomic mass is 9.83. The van der Waals surface area contributed by atoms with E-state index in [0.29, 0.717) is 11.3 Å². The number of para-hydroxylation sites is 1. The van der Waals surface area contributed by atoms with Crippen LogP contribution in [-0.4, -0.2) is 26.2 Å². The van der Waals surface area contributed by atoms with Gasteiger partial charge in [-0.05, 0) is 17.2 Å². The van der Waals surface area contributed by atoms with E-state index < -0.39 is 28.4 Å². The molecular formula is C30H25N5O5. The number of hydrogen-bond acceptors (Lipinski definition) is 6. The van der Waals surface area contributed by atoms with E-state index in [2.05, 4.69) is 15.3 Å². The van der Waals surface area contributed by atoms with Crippen molar-refractivity contribution in [3.63, 3.8) is 0 Å². The van der Waals surface area contributed by atoms with Gasteiger partial charge in [0.2, 0.25) is 0 Å². The fourth-order valence-electron chi connectivity index (χ4n) is 5.28. The largest absolute Gasteiger partial charge is 0.496 e. The second-order valence-electron chi connectivity index (χ2n) is 9.49. The summed E-state index contributed by atoms with van der Waals surface area (Å²) in [6.45, 7) is 0.289. The fraction of sp³-hybridized carbons (Fsp3) is 0.133. The first kappa shape index (κ1) is 24.9. The van der Waals surface area contributed by atoms with Gasteiger partial charge in [0, 0.05) is 5.56 Å². The number of anilines is 2. The van der Waals surface area contributed by atoms with Crippen molar-refractivity contribution in [3.05, 3.63) is 154 Å². The number of aromatic amines is 2. The van der Waals surface area contributed by atoms with Crippen LogP contribution in [0.5, 0.6) is 5.75 Å². The molecule has 40 heavy (non-hydrogen) atoms. The monoisotopic (exact) mass is 535 g/mol. The van der Waals surface area contributed by atoms with Crippen LogP contribution >= 0.6 is 0 Å². The zero-order valence-electron chi connectivity index (χ0n) is 21.5. The van der Waals surface area contributed by atoms with E-state index in [4.69, 9.17) is 4.74 Å². The van der Waals surface area contributed by atoms with Crippen molar-refractivity contribution in [2.45, 2.75) is 19.0 Å². The van der Waals surface area contributed by atoms with Gasteiger partial charge >= 0.3 is 11.4 Å². The lowest BCUT2D eigenvalue weighted by molar-refractivity contribution is 0.408. The zero-order valence-corrected chi connectivity index (χ0v) is 21.5. The van der Waals surface area contributed by atoms with Gasteiger partial charge in [0.05, 0.1) is 37.2 Å². The quantitative estimate of drug-likeness (QED) is 0.301. The molecule has 0 aliphatic carbocycles. The van der Waals surface area contributed by atoms with Crippen LogP contribution in [0.15, 0.2) is 104 Å². The molecule has 200 valence electrons. The Morgan fingerprint density at radius 3 is 1.57 bits per heavy atom. The summed E-state index contributed by atoms with van der Waals surface area (Å²) < 4.78 is 8.45. The number of fused-ring (bicyclic) bond motifs is 2. The van der Waals surface area contributed by atoms with Crippen molar-refractivity contribution in [1.82, 2.24) is 19.1 Å². The Balaban J connectivity index is 1.68. The van der Waals surface area contributed by atoms with Crippen LogP contribution in [0, 0.1) is 0 Å². The molecule has 1 aliphatic rings. The summed E-state index contributed by atoms with van der Waals surface area (Å²) in [5.74, 6) is -0.0903. The number of rotatable bonds is 6. The van der Waals surface area contributed by atoms with Gasteiger partial charge in [-0.1, -0.05) is 78.9 Å². The molecule has 5 aromatic rings. The van der Waals surface area contributed by atoms with E-state index in [1.807, 2.05) is 60.7 Å². The molecular weight excluding hydrogens is 510 g/mol. The third-order valence-corrected chi connectivity index (χ3v) is 7.10. The number of H-pyrrole nitrogens is 2. The van der Waals surface area contributed by atoms with Gasteiger partial charge in [0.25, 0.3) is 11.1 Å². The second kappa shape index (κ2) is 10.1. The average Bonchev–Trinajstić information content (AvgIpc) is 2.97. The highest BCUT2D eigenvalue weighted by Gasteiger charge is 2.37. The lowest BCUT2D eigenvalue weighted by Gasteiger charge is -2.31. The molecule has 10 heteroatoms. The van der Waals surface area contributed by atoms with Crippen molar-refractivity contribution < 1.29 is 4.74 Å². The maximum atomic E-state index is 13.5. The minimum absolute atomic E-state index is 0.145. The van der Waals surface area contributed by atoms with E-state index >= 15 is 0 Å². The summed E-state index contributed by atoms with van der Waals surface area (Å²) in [5, 5.41) is 3.16. The minimum atomic E-state index is -0.944. The maximum Gasteiger partial charge on any atom is 0.330 e. The molecule has 0 spiro atoms. The molecule has 10 nitrogen and oxygen atoms in total. The predicted molar refractivity (Wildman–Crippen MR) is 151 cm³/mol. The van der Waals surface area contributed by atoms with Gasteiger partial charge in [0.1, 0.15) is 17.4 Å². The predicted octanol–water partition coefficient (Wildman–Crippen LogP) is 2.73. The standard InChI is InChI=1S/C30H25N5O5/c1-40-21-15-9-8-14-20(21)22-23-25(34(29(38)32-27(23)36)16-18-10-4-2-5-11-18)31-26-24(22)28(37)33-30(39)35(26)17-19-12-6-3-7-13-19/h2-15,22,31H,16-17H2,1H3,(H,32,36,38)(H,33,37,39). The van der Waals surface area contributed by atoms with Crippen molar-refractivity contribution >= 4 is 11.6 Å². The molecule has 0 saturated heterocycles. The molecule has 3 N–H and O–H groups in total. The number of methoxy groups -OCH3 is 1. The van der Waals surface area contributed by atoms with E-state index in [9.17, 15) is 19.2 Å².